The zero-order chi connectivity index (χ0) is 26.0. The molecule has 1 aliphatic carbocycles. The van der Waals surface area contributed by atoms with Crippen LogP contribution in [-0.2, 0) is 15.8 Å². The molecule has 0 atom stereocenters. The lowest BCUT2D eigenvalue weighted by atomic mass is 10.1. The van der Waals surface area contributed by atoms with E-state index in [1.165, 1.54) is 15.2 Å². The monoisotopic (exact) mass is 547 g/mol. The zero-order valence-corrected chi connectivity index (χ0v) is 21.7. The Morgan fingerprint density at radius 3 is 2.46 bits per heavy atom. The van der Waals surface area contributed by atoms with Crippen molar-refractivity contribution >= 4 is 27.3 Å². The van der Waals surface area contributed by atoms with Crippen LogP contribution in [0.15, 0.2) is 59.8 Å². The van der Waals surface area contributed by atoms with Crippen LogP contribution in [0.2, 0.25) is 5.02 Å². The fourth-order valence-electron chi connectivity index (χ4n) is 4.29. The van der Waals surface area contributed by atoms with E-state index in [1.54, 1.807) is 48.8 Å². The van der Waals surface area contributed by atoms with Gasteiger partial charge in [-0.2, -0.15) is 14.1 Å². The van der Waals surface area contributed by atoms with Crippen molar-refractivity contribution in [3.05, 3.63) is 75.9 Å². The van der Waals surface area contributed by atoms with Crippen LogP contribution < -0.4 is 15.2 Å². The number of aromatic nitrogens is 3. The minimum atomic E-state index is -3.52. The molecule has 1 saturated carbocycles. The van der Waals surface area contributed by atoms with Gasteiger partial charge in [-0.05, 0) is 48.7 Å². The molecule has 37 heavy (non-hydrogen) atoms. The molecule has 0 bridgehead atoms. The highest BCUT2D eigenvalue weighted by atomic mass is 35.5. The standard InChI is InChI=1S/C25H27ClFN5O4S/c26-20-2-1-3-21(14-20)32-24(33)23(36-18-25(17-27)6-7-25)22(15-29-32)30-10-12-31(13-11-30)37(34,35)16-19-4-8-28-9-5-19/h1-5,8-9,14-15H,6-7,10-13,16-18H2. The Morgan fingerprint density at radius 1 is 1.08 bits per heavy atom. The normalized spacial score (nSPS) is 17.5. The predicted octanol–water partition coefficient (Wildman–Crippen LogP) is 3.06. The molecule has 0 amide bonds. The average molecular weight is 548 g/mol. The second-order valence-corrected chi connectivity index (χ2v) is 11.9. The summed E-state index contributed by atoms with van der Waals surface area (Å²) in [6, 6.07) is 10.1. The van der Waals surface area contributed by atoms with E-state index >= 15 is 0 Å². The Balaban J connectivity index is 1.38. The van der Waals surface area contributed by atoms with Gasteiger partial charge in [-0.3, -0.25) is 14.2 Å². The van der Waals surface area contributed by atoms with Crippen molar-refractivity contribution in [3.8, 4) is 11.4 Å². The fourth-order valence-corrected chi connectivity index (χ4v) is 5.99. The summed E-state index contributed by atoms with van der Waals surface area (Å²) >= 11 is 6.11. The summed E-state index contributed by atoms with van der Waals surface area (Å²) in [5.74, 6) is -0.0327. The van der Waals surface area contributed by atoms with Crippen LogP contribution in [0.1, 0.15) is 18.4 Å². The van der Waals surface area contributed by atoms with E-state index < -0.39 is 27.7 Å². The molecular weight excluding hydrogens is 521 g/mol. The predicted molar refractivity (Wildman–Crippen MR) is 139 cm³/mol. The SMILES string of the molecule is O=c1c(OCC2(CF)CC2)c(N2CCN(S(=O)(=O)Cc3ccncc3)CC2)cnn1-c1cccc(Cl)c1. The lowest BCUT2D eigenvalue weighted by molar-refractivity contribution is 0.197. The van der Waals surface area contributed by atoms with E-state index in [0.717, 1.165) is 0 Å². The number of piperazine rings is 1. The molecule has 2 aliphatic rings. The Kier molecular flexibility index (Phi) is 7.19. The molecule has 0 spiro atoms. The summed E-state index contributed by atoms with van der Waals surface area (Å²) in [5, 5.41) is 4.80. The van der Waals surface area contributed by atoms with Crippen LogP contribution in [0.3, 0.4) is 0 Å². The number of sulfonamides is 1. The third-order valence-corrected chi connectivity index (χ3v) is 8.89. The molecule has 3 heterocycles. The maximum atomic E-state index is 13.5. The first kappa shape index (κ1) is 25.6. The van der Waals surface area contributed by atoms with Gasteiger partial charge < -0.3 is 9.64 Å². The summed E-state index contributed by atoms with van der Waals surface area (Å²) in [4.78, 5) is 19.3. The van der Waals surface area contributed by atoms with Crippen molar-refractivity contribution in [2.75, 3.05) is 44.4 Å². The molecule has 0 radical (unpaired) electrons. The summed E-state index contributed by atoms with van der Waals surface area (Å²) < 4.78 is 48.1. The van der Waals surface area contributed by atoms with E-state index in [1.807, 2.05) is 4.90 Å². The number of nitrogens with zero attached hydrogens (tertiary/aromatic N) is 5. The fraction of sp³-hybridized carbons (Fsp3) is 0.400. The van der Waals surface area contributed by atoms with Gasteiger partial charge in [0.15, 0.2) is 0 Å². The van der Waals surface area contributed by atoms with Crippen LogP contribution in [0.4, 0.5) is 10.1 Å². The highest BCUT2D eigenvalue weighted by molar-refractivity contribution is 7.88. The Bertz CT molecular complexity index is 1420. The first-order valence-corrected chi connectivity index (χ1v) is 14.0. The largest absolute Gasteiger partial charge is 0.486 e. The maximum absolute atomic E-state index is 13.5. The maximum Gasteiger partial charge on any atom is 0.316 e. The lowest BCUT2D eigenvalue weighted by Crippen LogP contribution is -2.49. The first-order valence-electron chi connectivity index (χ1n) is 12.0. The molecule has 1 aliphatic heterocycles. The number of hydrogen-bond donors (Lipinski definition) is 0. The average Bonchev–Trinajstić information content (AvgIpc) is 3.69. The molecule has 3 aromatic rings. The molecule has 9 nitrogen and oxygen atoms in total. The summed E-state index contributed by atoms with van der Waals surface area (Å²) in [5.41, 5.74) is 0.579. The number of pyridine rings is 1. The first-order chi connectivity index (χ1) is 17.8. The quantitative estimate of drug-likeness (QED) is 0.406. The Labute approximate surface area is 219 Å². The van der Waals surface area contributed by atoms with Crippen molar-refractivity contribution < 1.29 is 17.5 Å². The third-order valence-electron chi connectivity index (χ3n) is 6.80. The Morgan fingerprint density at radius 2 is 1.81 bits per heavy atom. The van der Waals surface area contributed by atoms with E-state index in [0.29, 0.717) is 47.9 Å². The van der Waals surface area contributed by atoms with Gasteiger partial charge in [-0.25, -0.2) is 8.42 Å². The van der Waals surface area contributed by atoms with Crippen LogP contribution >= 0.6 is 11.6 Å². The molecular formula is C25H27ClFN5O4S. The number of halogens is 2. The second-order valence-electron chi connectivity index (χ2n) is 9.48. The highest BCUT2D eigenvalue weighted by Crippen LogP contribution is 2.46. The molecule has 1 aromatic carbocycles. The van der Waals surface area contributed by atoms with E-state index in [-0.39, 0.29) is 31.2 Å². The smallest absolute Gasteiger partial charge is 0.316 e. The van der Waals surface area contributed by atoms with Gasteiger partial charge in [-0.1, -0.05) is 17.7 Å². The van der Waals surface area contributed by atoms with Gasteiger partial charge in [0, 0.05) is 49.0 Å². The minimum Gasteiger partial charge on any atom is -0.486 e. The van der Waals surface area contributed by atoms with Crippen molar-refractivity contribution in [1.29, 1.82) is 0 Å². The van der Waals surface area contributed by atoms with E-state index in [4.69, 9.17) is 16.3 Å². The van der Waals surface area contributed by atoms with Crippen LogP contribution in [0, 0.1) is 5.41 Å². The molecule has 0 N–H and O–H groups in total. The minimum absolute atomic E-state index is 0.0720. The van der Waals surface area contributed by atoms with E-state index in [9.17, 15) is 17.6 Å². The van der Waals surface area contributed by atoms with Crippen molar-refractivity contribution in [3.63, 3.8) is 0 Å². The molecule has 0 unspecified atom stereocenters. The van der Waals surface area contributed by atoms with Gasteiger partial charge in [0.1, 0.15) is 5.69 Å². The lowest BCUT2D eigenvalue weighted by Gasteiger charge is -2.35. The summed E-state index contributed by atoms with van der Waals surface area (Å²) in [6.45, 7) is 0.776. The zero-order valence-electron chi connectivity index (χ0n) is 20.1. The Hall–Kier alpha value is -3.02. The van der Waals surface area contributed by atoms with Crippen molar-refractivity contribution in [2.24, 2.45) is 5.41 Å². The molecule has 2 fully saturated rings. The van der Waals surface area contributed by atoms with Gasteiger partial charge in [0.25, 0.3) is 0 Å². The van der Waals surface area contributed by atoms with Crippen molar-refractivity contribution in [2.45, 2.75) is 18.6 Å². The van der Waals surface area contributed by atoms with Gasteiger partial charge in [-0.15, -0.1) is 0 Å². The number of benzene rings is 1. The number of ether oxygens (including phenoxy) is 1. The van der Waals surface area contributed by atoms with Crippen LogP contribution in [-0.4, -0.2) is 66.9 Å². The number of anilines is 1. The van der Waals surface area contributed by atoms with Crippen LogP contribution in [0.25, 0.3) is 5.69 Å². The second kappa shape index (κ2) is 10.4. The van der Waals surface area contributed by atoms with Gasteiger partial charge in [0.05, 0.1) is 30.9 Å². The topological polar surface area (TPSA) is 97.6 Å². The molecule has 2 aromatic heterocycles. The molecule has 5 rings (SSSR count). The number of hydrogen-bond acceptors (Lipinski definition) is 7. The molecule has 12 heteroatoms. The highest BCUT2D eigenvalue weighted by Gasteiger charge is 2.44. The molecule has 196 valence electrons. The van der Waals surface area contributed by atoms with Crippen molar-refractivity contribution in [1.82, 2.24) is 19.1 Å². The molecule has 1 saturated heterocycles. The van der Waals surface area contributed by atoms with E-state index in [2.05, 4.69) is 10.1 Å². The van der Waals surface area contributed by atoms with Gasteiger partial charge in [0.2, 0.25) is 15.8 Å². The number of alkyl halides is 1. The number of rotatable bonds is 9. The third kappa shape index (κ3) is 5.63. The van der Waals surface area contributed by atoms with Crippen LogP contribution in [0.5, 0.6) is 5.75 Å². The summed E-state index contributed by atoms with van der Waals surface area (Å²) in [7, 11) is -3.52. The summed E-state index contributed by atoms with van der Waals surface area (Å²) in [6.07, 6.45) is 6.09. The van der Waals surface area contributed by atoms with Gasteiger partial charge >= 0.3 is 5.56 Å².